The second kappa shape index (κ2) is 9.62. The first kappa shape index (κ1) is 22.8. The van der Waals surface area contributed by atoms with Gasteiger partial charge in [0.05, 0.1) is 28.4 Å². The molecule has 0 spiro atoms. The average Bonchev–Trinajstić information content (AvgIpc) is 2.80. The number of thiocarbonyl (C=S) groups is 1. The molecule has 0 unspecified atom stereocenters. The van der Waals surface area contributed by atoms with E-state index in [9.17, 15) is 9.59 Å². The molecular formula is C24H16Cl2N2O4S. The summed E-state index contributed by atoms with van der Waals surface area (Å²) in [6, 6.07) is 18.6. The van der Waals surface area contributed by atoms with Crippen molar-refractivity contribution >= 4 is 63.1 Å². The molecule has 1 heterocycles. The molecule has 166 valence electrons. The number of anilines is 1. The number of fused-ring (bicyclic) bond motifs is 1. The Hall–Kier alpha value is -3.39. The third-order valence-corrected chi connectivity index (χ3v) is 5.75. The fourth-order valence-corrected chi connectivity index (χ4v) is 3.70. The minimum Gasteiger partial charge on any atom is -0.495 e. The van der Waals surface area contributed by atoms with Crippen LogP contribution in [0.1, 0.15) is 10.4 Å². The molecule has 0 aliphatic rings. The van der Waals surface area contributed by atoms with Gasteiger partial charge in [-0.15, -0.1) is 0 Å². The number of methoxy groups -OCH3 is 1. The Labute approximate surface area is 204 Å². The maximum Gasteiger partial charge on any atom is 0.344 e. The van der Waals surface area contributed by atoms with Crippen molar-refractivity contribution in [3.63, 3.8) is 0 Å². The number of halogens is 2. The fourth-order valence-electron chi connectivity index (χ4n) is 3.20. The molecule has 0 saturated carbocycles. The second-order valence-electron chi connectivity index (χ2n) is 6.94. The van der Waals surface area contributed by atoms with E-state index in [1.165, 1.54) is 25.3 Å². The quantitative estimate of drug-likeness (QED) is 0.269. The van der Waals surface area contributed by atoms with Gasteiger partial charge in [-0.2, -0.15) is 0 Å². The normalized spacial score (nSPS) is 10.6. The van der Waals surface area contributed by atoms with Crippen LogP contribution >= 0.6 is 35.4 Å². The van der Waals surface area contributed by atoms with Crippen molar-refractivity contribution in [3.05, 3.63) is 92.8 Å². The van der Waals surface area contributed by atoms with Gasteiger partial charge in [0.15, 0.2) is 5.11 Å². The van der Waals surface area contributed by atoms with Crippen molar-refractivity contribution in [2.45, 2.75) is 0 Å². The highest BCUT2D eigenvalue weighted by atomic mass is 35.5. The minimum atomic E-state index is -0.472. The molecule has 6 nitrogen and oxygen atoms in total. The SMILES string of the molecule is COc1ccc(-c2cc3ccccc3oc2=O)cc1NC(=S)NC(=O)c1ccc(Cl)c(Cl)c1. The zero-order chi connectivity index (χ0) is 23.5. The first-order valence-corrected chi connectivity index (χ1v) is 10.8. The van der Waals surface area contributed by atoms with Crippen LogP contribution in [0.3, 0.4) is 0 Å². The van der Waals surface area contributed by atoms with Crippen molar-refractivity contribution in [2.75, 3.05) is 12.4 Å². The van der Waals surface area contributed by atoms with Crippen LogP contribution in [0.25, 0.3) is 22.1 Å². The number of hydrogen-bond donors (Lipinski definition) is 2. The van der Waals surface area contributed by atoms with Crippen molar-refractivity contribution in [1.82, 2.24) is 5.32 Å². The van der Waals surface area contributed by atoms with E-state index in [1.807, 2.05) is 12.1 Å². The van der Waals surface area contributed by atoms with Crippen LogP contribution in [-0.4, -0.2) is 18.1 Å². The summed E-state index contributed by atoms with van der Waals surface area (Å²) in [7, 11) is 1.50. The molecule has 0 bridgehead atoms. The zero-order valence-electron chi connectivity index (χ0n) is 17.1. The number of carbonyl (C=O) groups excluding carboxylic acids is 1. The molecule has 2 N–H and O–H groups in total. The standard InChI is InChI=1S/C24H16Cl2N2O4S/c1-31-21-9-7-13(16-10-14-4-2-3-5-20(14)32-23(16)30)12-19(21)27-24(33)28-22(29)15-6-8-17(25)18(26)11-15/h2-12H,1H3,(H2,27,28,29,33). The number of nitrogens with one attached hydrogen (secondary N) is 2. The highest BCUT2D eigenvalue weighted by molar-refractivity contribution is 7.80. The summed E-state index contributed by atoms with van der Waals surface area (Å²) in [5.74, 6) is 0.00595. The smallest absolute Gasteiger partial charge is 0.344 e. The summed E-state index contributed by atoms with van der Waals surface area (Å²) in [4.78, 5) is 25.0. The zero-order valence-corrected chi connectivity index (χ0v) is 19.5. The van der Waals surface area contributed by atoms with Crippen molar-refractivity contribution in [1.29, 1.82) is 0 Å². The molecule has 0 aliphatic heterocycles. The second-order valence-corrected chi connectivity index (χ2v) is 8.16. The van der Waals surface area contributed by atoms with E-state index in [-0.39, 0.29) is 10.1 Å². The molecule has 1 aromatic heterocycles. The molecule has 4 rings (SSSR count). The highest BCUT2D eigenvalue weighted by Gasteiger charge is 2.14. The monoisotopic (exact) mass is 498 g/mol. The lowest BCUT2D eigenvalue weighted by atomic mass is 10.0. The number of hydrogen-bond acceptors (Lipinski definition) is 5. The maximum atomic E-state index is 12.6. The molecule has 1 amide bonds. The van der Waals surface area contributed by atoms with Crippen LogP contribution < -0.4 is 21.0 Å². The van der Waals surface area contributed by atoms with Gasteiger partial charge in [-0.25, -0.2) is 4.79 Å². The predicted molar refractivity (Wildman–Crippen MR) is 135 cm³/mol. The van der Waals surface area contributed by atoms with Gasteiger partial charge >= 0.3 is 5.63 Å². The largest absolute Gasteiger partial charge is 0.495 e. The van der Waals surface area contributed by atoms with Gasteiger partial charge in [0.25, 0.3) is 5.91 Å². The lowest BCUT2D eigenvalue weighted by Crippen LogP contribution is -2.34. The Bertz CT molecular complexity index is 1450. The van der Waals surface area contributed by atoms with E-state index in [4.69, 9.17) is 44.6 Å². The molecule has 0 fully saturated rings. The van der Waals surface area contributed by atoms with Crippen LogP contribution in [0.5, 0.6) is 5.75 Å². The fraction of sp³-hybridized carbons (Fsp3) is 0.0417. The van der Waals surface area contributed by atoms with Crippen molar-refractivity contribution < 1.29 is 13.9 Å². The van der Waals surface area contributed by atoms with E-state index >= 15 is 0 Å². The van der Waals surface area contributed by atoms with Crippen LogP contribution in [0.2, 0.25) is 10.0 Å². The molecular weight excluding hydrogens is 483 g/mol. The number of amides is 1. The number of ether oxygens (including phenoxy) is 1. The van der Waals surface area contributed by atoms with E-state index < -0.39 is 11.5 Å². The summed E-state index contributed by atoms with van der Waals surface area (Å²) in [5, 5.41) is 6.94. The lowest BCUT2D eigenvalue weighted by molar-refractivity contribution is 0.0977. The van der Waals surface area contributed by atoms with Gasteiger partial charge in [-0.1, -0.05) is 47.5 Å². The molecule has 9 heteroatoms. The van der Waals surface area contributed by atoms with Gasteiger partial charge < -0.3 is 14.5 Å². The first-order chi connectivity index (χ1) is 15.9. The molecule has 33 heavy (non-hydrogen) atoms. The molecule has 0 saturated heterocycles. The number of carbonyl (C=O) groups is 1. The summed E-state index contributed by atoms with van der Waals surface area (Å²) < 4.78 is 10.8. The Balaban J connectivity index is 1.60. The third kappa shape index (κ3) is 5.01. The van der Waals surface area contributed by atoms with E-state index in [2.05, 4.69) is 10.6 Å². The average molecular weight is 499 g/mol. The van der Waals surface area contributed by atoms with E-state index in [0.29, 0.717) is 38.7 Å². The van der Waals surface area contributed by atoms with Crippen molar-refractivity contribution in [3.8, 4) is 16.9 Å². The van der Waals surface area contributed by atoms with Gasteiger partial charge in [-0.05, 0) is 60.2 Å². The third-order valence-electron chi connectivity index (χ3n) is 4.81. The Kier molecular flexibility index (Phi) is 6.65. The van der Waals surface area contributed by atoms with Crippen LogP contribution in [0.4, 0.5) is 5.69 Å². The highest BCUT2D eigenvalue weighted by Crippen LogP contribution is 2.30. The lowest BCUT2D eigenvalue weighted by Gasteiger charge is -2.14. The molecule has 0 atom stereocenters. The van der Waals surface area contributed by atoms with Gasteiger partial charge in [0.2, 0.25) is 0 Å². The number of benzene rings is 3. The maximum absolute atomic E-state index is 12.6. The van der Waals surface area contributed by atoms with E-state index in [1.54, 1.807) is 36.4 Å². The Morgan fingerprint density at radius 2 is 1.79 bits per heavy atom. The summed E-state index contributed by atoms with van der Waals surface area (Å²) >= 11 is 17.2. The van der Waals surface area contributed by atoms with Crippen LogP contribution in [-0.2, 0) is 0 Å². The number of rotatable bonds is 4. The topological polar surface area (TPSA) is 80.6 Å². The molecule has 3 aromatic carbocycles. The molecule has 0 aliphatic carbocycles. The molecule has 0 radical (unpaired) electrons. The summed E-state index contributed by atoms with van der Waals surface area (Å²) in [5.41, 5.74) is 1.76. The van der Waals surface area contributed by atoms with Gasteiger partial charge in [0.1, 0.15) is 11.3 Å². The minimum absolute atomic E-state index is 0.0343. The molecule has 4 aromatic rings. The number of para-hydroxylation sites is 1. The van der Waals surface area contributed by atoms with Gasteiger partial charge in [-0.3, -0.25) is 10.1 Å². The van der Waals surface area contributed by atoms with Crippen LogP contribution in [0, 0.1) is 0 Å². The Morgan fingerprint density at radius 1 is 1.00 bits per heavy atom. The van der Waals surface area contributed by atoms with Gasteiger partial charge in [0, 0.05) is 10.9 Å². The van der Waals surface area contributed by atoms with E-state index in [0.717, 1.165) is 5.39 Å². The summed E-state index contributed by atoms with van der Waals surface area (Å²) in [6.45, 7) is 0. The first-order valence-electron chi connectivity index (χ1n) is 9.64. The Morgan fingerprint density at radius 3 is 2.55 bits per heavy atom. The summed E-state index contributed by atoms with van der Waals surface area (Å²) in [6.07, 6.45) is 0. The van der Waals surface area contributed by atoms with Crippen LogP contribution in [0.15, 0.2) is 75.9 Å². The predicted octanol–water partition coefficient (Wildman–Crippen LogP) is 5.90. The van der Waals surface area contributed by atoms with Crippen molar-refractivity contribution in [2.24, 2.45) is 0 Å².